The van der Waals surface area contributed by atoms with Crippen LogP contribution in [0.4, 0.5) is 0 Å². The maximum Gasteiger partial charge on any atom is 0.243 e. The number of rotatable bonds is 22. The number of nitrogens with two attached hydrogens (primary N) is 5. The van der Waals surface area contributed by atoms with Crippen LogP contribution >= 0.6 is 0 Å². The van der Waals surface area contributed by atoms with Gasteiger partial charge in [-0.05, 0) is 59.7 Å². The van der Waals surface area contributed by atoms with E-state index in [1.807, 2.05) is 36.4 Å². The molecule has 3 aromatic carbocycles. The summed E-state index contributed by atoms with van der Waals surface area (Å²) in [5.41, 5.74) is 28.5. The lowest BCUT2D eigenvalue weighted by Crippen LogP contribution is -2.57. The third kappa shape index (κ3) is 16.1. The minimum Gasteiger partial charge on any atom is -0.508 e. The van der Waals surface area contributed by atoms with Gasteiger partial charge in [0.15, 0.2) is 11.9 Å². The normalized spacial score (nSPS) is 12.8. The Kier molecular flexibility index (Phi) is 17.5. The Morgan fingerprint density at radius 3 is 1.70 bits per heavy atom. The molecule has 3 rings (SSSR count). The van der Waals surface area contributed by atoms with Crippen LogP contribution in [0.15, 0.2) is 76.7 Å². The molecule has 57 heavy (non-hydrogen) atoms. The Labute approximate surface area is 329 Å². The van der Waals surface area contributed by atoms with E-state index in [4.69, 9.17) is 28.7 Å². The monoisotopic (exact) mass is 788 g/mol. The molecule has 0 aliphatic heterocycles. The van der Waals surface area contributed by atoms with Gasteiger partial charge in [0.25, 0.3) is 0 Å². The molecule has 19 heteroatoms. The summed E-state index contributed by atoms with van der Waals surface area (Å²) in [7, 11) is 0. The summed E-state index contributed by atoms with van der Waals surface area (Å²) < 4.78 is 0. The molecular formula is C38H52N12O7. The number of guanidine groups is 2. The fourth-order valence-electron chi connectivity index (χ4n) is 5.77. The minimum absolute atomic E-state index is 0.0111. The highest BCUT2D eigenvalue weighted by Gasteiger charge is 2.30. The van der Waals surface area contributed by atoms with E-state index in [1.165, 1.54) is 19.1 Å². The fraction of sp³-hybridized carbons (Fsp3) is 0.368. The SMILES string of the molecule is CC(=O)N[C@H](CCCN=C(N)N)C(=O)N[C@@H](CCCN=C(N)N)C(=O)N[C@H](Cc1ccc2ccccc2c1)C(=O)NCC(=O)N[C@H](Cc1ccc(O)cc1)C(N)=O. The highest BCUT2D eigenvalue weighted by molar-refractivity contribution is 5.95. The highest BCUT2D eigenvalue weighted by atomic mass is 16.3. The van der Waals surface area contributed by atoms with Crippen molar-refractivity contribution < 1.29 is 33.9 Å². The van der Waals surface area contributed by atoms with Crippen molar-refractivity contribution in [3.63, 3.8) is 0 Å². The summed E-state index contributed by atoms with van der Waals surface area (Å²) in [6.45, 7) is 0.999. The smallest absolute Gasteiger partial charge is 0.243 e. The van der Waals surface area contributed by atoms with Crippen molar-refractivity contribution >= 4 is 58.1 Å². The van der Waals surface area contributed by atoms with Gasteiger partial charge in [0.1, 0.15) is 29.9 Å². The highest BCUT2D eigenvalue weighted by Crippen LogP contribution is 2.17. The number of amides is 6. The molecule has 0 unspecified atom stereocenters. The van der Waals surface area contributed by atoms with Crippen molar-refractivity contribution in [3.8, 4) is 5.75 Å². The van der Waals surface area contributed by atoms with Gasteiger partial charge in [-0.25, -0.2) is 0 Å². The number of aromatic hydroxyl groups is 1. The minimum atomic E-state index is -1.25. The lowest BCUT2D eigenvalue weighted by Gasteiger charge is -2.25. The molecule has 0 bridgehead atoms. The van der Waals surface area contributed by atoms with Crippen LogP contribution in [-0.2, 0) is 41.6 Å². The summed E-state index contributed by atoms with van der Waals surface area (Å²) in [6.07, 6.45) is 0.783. The van der Waals surface area contributed by atoms with Crippen LogP contribution in [0.2, 0.25) is 0 Å². The molecule has 0 fully saturated rings. The predicted octanol–water partition coefficient (Wildman–Crippen LogP) is -2.00. The maximum absolute atomic E-state index is 14.0. The average Bonchev–Trinajstić information content (AvgIpc) is 3.15. The fourth-order valence-corrected chi connectivity index (χ4v) is 5.77. The Bertz CT molecular complexity index is 1930. The van der Waals surface area contributed by atoms with Crippen molar-refractivity contribution in [3.05, 3.63) is 77.9 Å². The number of hydrogen-bond acceptors (Lipinski definition) is 9. The predicted molar refractivity (Wildman–Crippen MR) is 215 cm³/mol. The molecule has 0 heterocycles. The number of hydrogen-bond donors (Lipinski definition) is 11. The topological polar surface area (TPSA) is 338 Å². The number of phenols is 1. The van der Waals surface area contributed by atoms with Crippen LogP contribution in [0, 0.1) is 0 Å². The molecule has 6 amide bonds. The van der Waals surface area contributed by atoms with Gasteiger partial charge >= 0.3 is 0 Å². The van der Waals surface area contributed by atoms with Gasteiger partial charge in [0, 0.05) is 32.9 Å². The van der Waals surface area contributed by atoms with E-state index < -0.39 is 66.2 Å². The van der Waals surface area contributed by atoms with E-state index in [1.54, 1.807) is 18.2 Å². The third-order valence-corrected chi connectivity index (χ3v) is 8.58. The van der Waals surface area contributed by atoms with Gasteiger partial charge in [-0.2, -0.15) is 0 Å². The Hall–Kier alpha value is -6.92. The second-order valence-electron chi connectivity index (χ2n) is 13.3. The Balaban J connectivity index is 1.83. The van der Waals surface area contributed by atoms with Gasteiger partial charge in [-0.1, -0.05) is 54.6 Å². The zero-order valence-corrected chi connectivity index (χ0v) is 31.7. The van der Waals surface area contributed by atoms with E-state index >= 15 is 0 Å². The summed E-state index contributed by atoms with van der Waals surface area (Å²) in [5, 5.41) is 24.4. The summed E-state index contributed by atoms with van der Waals surface area (Å²) >= 11 is 0. The van der Waals surface area contributed by atoms with Crippen molar-refractivity contribution in [2.45, 2.75) is 69.6 Å². The largest absolute Gasteiger partial charge is 0.508 e. The van der Waals surface area contributed by atoms with Crippen molar-refractivity contribution in [2.24, 2.45) is 38.7 Å². The maximum atomic E-state index is 14.0. The number of carbonyl (C=O) groups excluding carboxylic acids is 6. The summed E-state index contributed by atoms with van der Waals surface area (Å²) in [5.74, 6) is -4.42. The standard InChI is InChI=1S/C38H52N12O7/c1-22(51)47-28(8-4-16-44-37(40)41)35(56)49-29(9-5-17-45-38(42)43)36(57)50-31(20-24-10-13-25-6-2-3-7-26(25)18-24)34(55)46-21-32(53)48-30(33(39)54)19-23-11-14-27(52)15-12-23/h2-3,6-7,10-15,18,28-31,52H,4-5,8-9,16-17,19-21H2,1H3,(H2,39,54)(H,46,55)(H,47,51)(H,48,53)(H,49,56)(H,50,57)(H4,40,41,44)(H4,42,43,45)/t28-,29+,30-,31-/m1/s1. The first-order valence-electron chi connectivity index (χ1n) is 18.2. The molecule has 0 spiro atoms. The van der Waals surface area contributed by atoms with E-state index in [-0.39, 0.29) is 62.9 Å². The van der Waals surface area contributed by atoms with Crippen LogP contribution < -0.4 is 55.3 Å². The van der Waals surface area contributed by atoms with Crippen LogP contribution in [0.5, 0.6) is 5.75 Å². The molecule has 306 valence electrons. The van der Waals surface area contributed by atoms with Crippen LogP contribution in [-0.4, -0.2) is 96.3 Å². The lowest BCUT2D eigenvalue weighted by atomic mass is 10.0. The Morgan fingerprint density at radius 1 is 0.614 bits per heavy atom. The first kappa shape index (κ1) is 44.5. The van der Waals surface area contributed by atoms with Gasteiger partial charge in [-0.15, -0.1) is 0 Å². The zero-order chi connectivity index (χ0) is 41.9. The molecule has 0 aromatic heterocycles. The van der Waals surface area contributed by atoms with Crippen LogP contribution in [0.1, 0.15) is 43.7 Å². The van der Waals surface area contributed by atoms with Crippen molar-refractivity contribution in [1.29, 1.82) is 0 Å². The molecule has 0 aliphatic rings. The van der Waals surface area contributed by atoms with Crippen LogP contribution in [0.25, 0.3) is 10.8 Å². The van der Waals surface area contributed by atoms with Gasteiger partial charge in [0.05, 0.1) is 6.54 Å². The van der Waals surface area contributed by atoms with Crippen LogP contribution in [0.3, 0.4) is 0 Å². The Morgan fingerprint density at radius 2 is 1.14 bits per heavy atom. The molecule has 19 nitrogen and oxygen atoms in total. The molecule has 0 saturated carbocycles. The second-order valence-corrected chi connectivity index (χ2v) is 13.3. The number of carbonyl (C=O) groups is 6. The second kappa shape index (κ2) is 22.5. The van der Waals surface area contributed by atoms with E-state index in [0.29, 0.717) is 17.5 Å². The summed E-state index contributed by atoms with van der Waals surface area (Å²) in [4.78, 5) is 86.2. The zero-order valence-electron chi connectivity index (χ0n) is 31.7. The number of phenolic OH excluding ortho intramolecular Hbond substituents is 1. The molecule has 3 aromatic rings. The van der Waals surface area contributed by atoms with E-state index in [0.717, 1.165) is 10.8 Å². The number of aliphatic imine (C=N–C) groups is 2. The van der Waals surface area contributed by atoms with Crippen molar-refractivity contribution in [1.82, 2.24) is 26.6 Å². The first-order chi connectivity index (χ1) is 27.1. The van der Waals surface area contributed by atoms with Crippen molar-refractivity contribution in [2.75, 3.05) is 19.6 Å². The quantitative estimate of drug-likeness (QED) is 0.0300. The molecule has 16 N–H and O–H groups in total. The summed E-state index contributed by atoms with van der Waals surface area (Å²) in [6, 6.07) is 14.5. The first-order valence-corrected chi connectivity index (χ1v) is 18.2. The van der Waals surface area contributed by atoms with E-state index in [9.17, 15) is 33.9 Å². The van der Waals surface area contributed by atoms with Gasteiger partial charge in [0.2, 0.25) is 35.4 Å². The number of fused-ring (bicyclic) bond motifs is 1. The third-order valence-electron chi connectivity index (χ3n) is 8.58. The number of benzene rings is 3. The molecule has 0 radical (unpaired) electrons. The molecular weight excluding hydrogens is 736 g/mol. The van der Waals surface area contributed by atoms with E-state index in [2.05, 4.69) is 36.6 Å². The lowest BCUT2D eigenvalue weighted by molar-refractivity contribution is -0.134. The molecule has 0 aliphatic carbocycles. The van der Waals surface area contributed by atoms with Gasteiger partial charge in [-0.3, -0.25) is 38.8 Å². The number of nitrogens with one attached hydrogen (secondary N) is 5. The number of primary amides is 1. The average molecular weight is 789 g/mol. The number of nitrogens with zero attached hydrogens (tertiary/aromatic N) is 2. The molecule has 0 saturated heterocycles. The molecule has 4 atom stereocenters. The van der Waals surface area contributed by atoms with Gasteiger partial charge < -0.3 is 60.4 Å².